The number of nitrogens with one attached hydrogen (secondary N) is 1. The van der Waals surface area contributed by atoms with Crippen molar-refractivity contribution in [2.75, 3.05) is 0 Å². The topological polar surface area (TPSA) is 72.2 Å². The van der Waals surface area contributed by atoms with E-state index >= 15 is 0 Å². The lowest BCUT2D eigenvalue weighted by Gasteiger charge is -2.16. The van der Waals surface area contributed by atoms with E-state index in [2.05, 4.69) is 21.2 Å². The summed E-state index contributed by atoms with van der Waals surface area (Å²) < 4.78 is 0.847. The summed E-state index contributed by atoms with van der Waals surface area (Å²) in [6.07, 6.45) is 0.885. The molecule has 3 N–H and O–H groups in total. The van der Waals surface area contributed by atoms with Gasteiger partial charge < -0.3 is 11.1 Å². The van der Waals surface area contributed by atoms with Crippen molar-refractivity contribution >= 4 is 27.7 Å². The highest BCUT2D eigenvalue weighted by Gasteiger charge is 2.40. The van der Waals surface area contributed by atoms with Gasteiger partial charge in [0.05, 0.1) is 0 Å². The van der Waals surface area contributed by atoms with Gasteiger partial charge in [-0.25, -0.2) is 0 Å². The Hall–Kier alpha value is -1.36. The molecule has 4 nitrogen and oxygen atoms in total. The number of benzene rings is 1. The largest absolute Gasteiger partial charge is 0.368 e. The van der Waals surface area contributed by atoms with Crippen LogP contribution in [0.3, 0.4) is 0 Å². The van der Waals surface area contributed by atoms with Crippen molar-refractivity contribution in [3.05, 3.63) is 34.3 Å². The third-order valence-electron chi connectivity index (χ3n) is 3.20. The summed E-state index contributed by atoms with van der Waals surface area (Å²) in [5, 5.41) is 2.72. The molecule has 1 fully saturated rings. The number of carbonyl (C=O) groups excluding carboxylic acids is 2. The summed E-state index contributed by atoms with van der Waals surface area (Å²) in [5.74, 6) is -0.207. The van der Waals surface area contributed by atoms with E-state index in [4.69, 9.17) is 5.73 Å². The van der Waals surface area contributed by atoms with Gasteiger partial charge in [-0.3, -0.25) is 9.59 Å². The first-order valence-corrected chi connectivity index (χ1v) is 6.63. The van der Waals surface area contributed by atoms with E-state index < -0.39 is 11.9 Å². The molecule has 2 rings (SSSR count). The van der Waals surface area contributed by atoms with Gasteiger partial charge in [-0.15, -0.1) is 0 Å². The molecule has 0 bridgehead atoms. The number of primary amides is 1. The average Bonchev–Trinajstić information content (AvgIpc) is 3.02. The van der Waals surface area contributed by atoms with Crippen LogP contribution in [0.2, 0.25) is 0 Å². The zero-order valence-corrected chi connectivity index (χ0v) is 11.6. The molecule has 1 aromatic carbocycles. The summed E-state index contributed by atoms with van der Waals surface area (Å²) in [4.78, 5) is 23.3. The molecule has 0 unspecified atom stereocenters. The summed E-state index contributed by atoms with van der Waals surface area (Å²) in [5.41, 5.74) is 6.05. The van der Waals surface area contributed by atoms with Crippen LogP contribution in [-0.2, 0) is 9.59 Å². The van der Waals surface area contributed by atoms with Crippen LogP contribution < -0.4 is 11.1 Å². The van der Waals surface area contributed by atoms with Crippen molar-refractivity contribution in [2.24, 2.45) is 17.6 Å². The molecule has 0 saturated heterocycles. The van der Waals surface area contributed by atoms with Crippen molar-refractivity contribution in [3.63, 3.8) is 0 Å². The minimum absolute atomic E-state index is 0.0269. The lowest BCUT2D eigenvalue weighted by molar-refractivity contribution is -0.128. The number of hydrogen-bond acceptors (Lipinski definition) is 2. The Kier molecular flexibility index (Phi) is 3.71. The molecule has 96 valence electrons. The normalized spacial score (nSPS) is 23.2. The van der Waals surface area contributed by atoms with E-state index in [0.717, 1.165) is 10.9 Å². The van der Waals surface area contributed by atoms with Gasteiger partial charge in [0.25, 0.3) is 0 Å². The fourth-order valence-electron chi connectivity index (χ4n) is 1.94. The van der Waals surface area contributed by atoms with E-state index in [1.54, 1.807) is 18.2 Å². The van der Waals surface area contributed by atoms with Gasteiger partial charge in [-0.05, 0) is 30.0 Å². The zero-order chi connectivity index (χ0) is 13.3. The smallest absolute Gasteiger partial charge is 0.244 e. The van der Waals surface area contributed by atoms with Crippen LogP contribution >= 0.6 is 15.9 Å². The van der Waals surface area contributed by atoms with E-state index in [1.165, 1.54) is 0 Å². The Morgan fingerprint density at radius 1 is 1.50 bits per heavy atom. The van der Waals surface area contributed by atoms with Gasteiger partial charge in [0.1, 0.15) is 6.04 Å². The molecule has 0 heterocycles. The first-order chi connectivity index (χ1) is 8.49. The molecule has 0 radical (unpaired) electrons. The second kappa shape index (κ2) is 5.10. The van der Waals surface area contributed by atoms with Crippen LogP contribution in [0, 0.1) is 11.8 Å². The monoisotopic (exact) mass is 310 g/mol. The lowest BCUT2D eigenvalue weighted by Crippen LogP contribution is -2.38. The average molecular weight is 311 g/mol. The maximum absolute atomic E-state index is 11.9. The number of halogens is 1. The highest BCUT2D eigenvalue weighted by molar-refractivity contribution is 9.10. The van der Waals surface area contributed by atoms with E-state index in [-0.39, 0.29) is 11.8 Å². The molecule has 0 aliphatic heterocycles. The Morgan fingerprint density at radius 3 is 2.67 bits per heavy atom. The Labute approximate surface area is 114 Å². The minimum atomic E-state index is -0.761. The standard InChI is InChI=1S/C13H15BrN2O2/c1-7-5-10(7)13(18)16-11(12(15)17)8-3-2-4-9(14)6-8/h2-4,6-7,10-11H,5H2,1H3,(H2,15,17)(H,16,18)/t7-,10+,11+/m1/s1. The summed E-state index contributed by atoms with van der Waals surface area (Å²) >= 11 is 3.33. The fraction of sp³-hybridized carbons (Fsp3) is 0.385. The SMILES string of the molecule is C[C@@H]1C[C@@H]1C(=O)N[C@H](C(N)=O)c1cccc(Br)c1. The first-order valence-electron chi connectivity index (χ1n) is 5.84. The van der Waals surface area contributed by atoms with Gasteiger partial charge in [0.15, 0.2) is 0 Å². The van der Waals surface area contributed by atoms with E-state index in [9.17, 15) is 9.59 Å². The van der Waals surface area contributed by atoms with Crippen LogP contribution in [0.1, 0.15) is 24.9 Å². The van der Waals surface area contributed by atoms with E-state index in [1.807, 2.05) is 13.0 Å². The number of amides is 2. The second-order valence-electron chi connectivity index (χ2n) is 4.72. The van der Waals surface area contributed by atoms with Crippen LogP contribution in [0.5, 0.6) is 0 Å². The predicted octanol–water partition coefficient (Wildman–Crippen LogP) is 1.75. The van der Waals surface area contributed by atoms with Crippen molar-refractivity contribution in [2.45, 2.75) is 19.4 Å². The third kappa shape index (κ3) is 2.90. The molecule has 5 heteroatoms. The van der Waals surface area contributed by atoms with E-state index in [0.29, 0.717) is 11.5 Å². The molecular weight excluding hydrogens is 296 g/mol. The van der Waals surface area contributed by atoms with Crippen LogP contribution in [0.4, 0.5) is 0 Å². The van der Waals surface area contributed by atoms with Gasteiger partial charge in [-0.1, -0.05) is 35.0 Å². The fourth-order valence-corrected chi connectivity index (χ4v) is 2.36. The quantitative estimate of drug-likeness (QED) is 0.889. The predicted molar refractivity (Wildman–Crippen MR) is 71.5 cm³/mol. The molecule has 1 aromatic rings. The second-order valence-corrected chi connectivity index (χ2v) is 5.63. The molecule has 3 atom stereocenters. The third-order valence-corrected chi connectivity index (χ3v) is 3.69. The molecule has 1 aliphatic rings. The molecule has 18 heavy (non-hydrogen) atoms. The summed E-state index contributed by atoms with van der Waals surface area (Å²) in [6, 6.07) is 6.46. The van der Waals surface area contributed by atoms with Crippen LogP contribution in [-0.4, -0.2) is 11.8 Å². The summed E-state index contributed by atoms with van der Waals surface area (Å²) in [7, 11) is 0. The highest BCUT2D eigenvalue weighted by atomic mass is 79.9. The number of nitrogens with two attached hydrogens (primary N) is 1. The maximum Gasteiger partial charge on any atom is 0.244 e. The Morgan fingerprint density at radius 2 is 2.17 bits per heavy atom. The van der Waals surface area contributed by atoms with Crippen molar-refractivity contribution in [1.82, 2.24) is 5.32 Å². The molecule has 0 spiro atoms. The van der Waals surface area contributed by atoms with Gasteiger partial charge in [0.2, 0.25) is 11.8 Å². The highest BCUT2D eigenvalue weighted by Crippen LogP contribution is 2.38. The summed E-state index contributed by atoms with van der Waals surface area (Å²) in [6.45, 7) is 2.02. The molecule has 2 amide bonds. The number of rotatable bonds is 4. The number of hydrogen-bond donors (Lipinski definition) is 2. The number of carbonyl (C=O) groups is 2. The van der Waals surface area contributed by atoms with Crippen molar-refractivity contribution in [1.29, 1.82) is 0 Å². The molecule has 1 saturated carbocycles. The molecular formula is C13H15BrN2O2. The van der Waals surface area contributed by atoms with Gasteiger partial charge in [0, 0.05) is 10.4 Å². The minimum Gasteiger partial charge on any atom is -0.368 e. The molecule has 1 aliphatic carbocycles. The Balaban J connectivity index is 2.13. The van der Waals surface area contributed by atoms with Crippen LogP contribution in [0.25, 0.3) is 0 Å². The zero-order valence-electron chi connectivity index (χ0n) is 10.0. The van der Waals surface area contributed by atoms with Gasteiger partial charge in [-0.2, -0.15) is 0 Å². The van der Waals surface area contributed by atoms with Crippen molar-refractivity contribution in [3.8, 4) is 0 Å². The first kappa shape index (κ1) is 13.1. The van der Waals surface area contributed by atoms with Gasteiger partial charge >= 0.3 is 0 Å². The lowest BCUT2D eigenvalue weighted by atomic mass is 10.1. The Bertz CT molecular complexity index is 490. The van der Waals surface area contributed by atoms with Crippen LogP contribution in [0.15, 0.2) is 28.7 Å². The van der Waals surface area contributed by atoms with Crippen molar-refractivity contribution < 1.29 is 9.59 Å². The maximum atomic E-state index is 11.9. The molecule has 0 aromatic heterocycles.